The lowest BCUT2D eigenvalue weighted by atomic mass is 9.83. The first kappa shape index (κ1) is 14.2. The fourth-order valence-corrected chi connectivity index (χ4v) is 3.35. The Hall–Kier alpha value is -0.790. The molecule has 2 saturated carbocycles. The first-order valence-corrected chi connectivity index (χ1v) is 8.38. The standard InChI is InChI=1S/C18H24ClN/c19-17-8-4-5-14(12-17)11-16(13-20-18-9-10-18)15-6-2-1-3-7-15/h4-5,8,11-12,15,18,20H,1-3,6-7,9-10,13H2/b16-11-. The van der Waals surface area contributed by atoms with Crippen LogP contribution in [0, 0.1) is 5.92 Å². The molecule has 0 unspecified atom stereocenters. The predicted octanol–water partition coefficient (Wildman–Crippen LogP) is 5.06. The lowest BCUT2D eigenvalue weighted by Crippen LogP contribution is -2.24. The van der Waals surface area contributed by atoms with E-state index in [1.807, 2.05) is 12.1 Å². The minimum absolute atomic E-state index is 0.772. The molecule has 0 heterocycles. The molecular weight excluding hydrogens is 266 g/mol. The molecule has 0 spiro atoms. The lowest BCUT2D eigenvalue weighted by molar-refractivity contribution is 0.396. The van der Waals surface area contributed by atoms with Gasteiger partial charge in [0.15, 0.2) is 0 Å². The highest BCUT2D eigenvalue weighted by Crippen LogP contribution is 2.31. The van der Waals surface area contributed by atoms with Crippen molar-refractivity contribution in [3.05, 3.63) is 40.4 Å². The summed E-state index contributed by atoms with van der Waals surface area (Å²) in [5.74, 6) is 0.772. The van der Waals surface area contributed by atoms with E-state index in [0.717, 1.165) is 23.5 Å². The summed E-state index contributed by atoms with van der Waals surface area (Å²) in [7, 11) is 0. The molecule has 0 radical (unpaired) electrons. The van der Waals surface area contributed by atoms with E-state index < -0.39 is 0 Å². The first-order chi connectivity index (χ1) is 9.81. The Morgan fingerprint density at radius 3 is 2.65 bits per heavy atom. The highest BCUT2D eigenvalue weighted by atomic mass is 35.5. The summed E-state index contributed by atoms with van der Waals surface area (Å²) >= 11 is 6.11. The quantitative estimate of drug-likeness (QED) is 0.799. The Morgan fingerprint density at radius 1 is 1.15 bits per heavy atom. The minimum atomic E-state index is 0.772. The van der Waals surface area contributed by atoms with Gasteiger partial charge in [0.25, 0.3) is 0 Å². The molecule has 0 bridgehead atoms. The smallest absolute Gasteiger partial charge is 0.0411 e. The second-order valence-corrected chi connectivity index (χ2v) is 6.70. The van der Waals surface area contributed by atoms with Crippen molar-refractivity contribution in [1.29, 1.82) is 0 Å². The number of benzene rings is 1. The van der Waals surface area contributed by atoms with Crippen molar-refractivity contribution in [3.63, 3.8) is 0 Å². The van der Waals surface area contributed by atoms with Gasteiger partial charge in [-0.15, -0.1) is 0 Å². The largest absolute Gasteiger partial charge is 0.310 e. The predicted molar refractivity (Wildman–Crippen MR) is 87.0 cm³/mol. The third-order valence-corrected chi connectivity index (χ3v) is 4.74. The van der Waals surface area contributed by atoms with Gasteiger partial charge in [0, 0.05) is 17.6 Å². The summed E-state index contributed by atoms with van der Waals surface area (Å²) in [5.41, 5.74) is 2.83. The molecule has 2 fully saturated rings. The Morgan fingerprint density at radius 2 is 1.95 bits per heavy atom. The lowest BCUT2D eigenvalue weighted by Gasteiger charge is -2.25. The molecule has 0 aliphatic heterocycles. The second-order valence-electron chi connectivity index (χ2n) is 6.26. The Bertz CT molecular complexity index is 470. The monoisotopic (exact) mass is 289 g/mol. The van der Waals surface area contributed by atoms with Crippen molar-refractivity contribution < 1.29 is 0 Å². The van der Waals surface area contributed by atoms with Crippen molar-refractivity contribution >= 4 is 17.7 Å². The molecule has 20 heavy (non-hydrogen) atoms. The van der Waals surface area contributed by atoms with E-state index >= 15 is 0 Å². The maximum Gasteiger partial charge on any atom is 0.0411 e. The van der Waals surface area contributed by atoms with Crippen molar-refractivity contribution in [2.75, 3.05) is 6.54 Å². The summed E-state index contributed by atoms with van der Waals surface area (Å²) in [6.45, 7) is 1.06. The van der Waals surface area contributed by atoms with Crippen molar-refractivity contribution in [2.24, 2.45) is 5.92 Å². The average Bonchev–Trinajstić information content (AvgIpc) is 3.29. The molecule has 108 valence electrons. The van der Waals surface area contributed by atoms with Crippen LogP contribution in [0.3, 0.4) is 0 Å². The van der Waals surface area contributed by atoms with E-state index in [2.05, 4.69) is 23.5 Å². The highest BCUT2D eigenvalue weighted by Gasteiger charge is 2.23. The van der Waals surface area contributed by atoms with Crippen LogP contribution in [0.2, 0.25) is 5.02 Å². The van der Waals surface area contributed by atoms with Crippen molar-refractivity contribution in [2.45, 2.75) is 51.0 Å². The van der Waals surface area contributed by atoms with Gasteiger partial charge in [-0.1, -0.05) is 54.6 Å². The van der Waals surface area contributed by atoms with Crippen LogP contribution >= 0.6 is 11.6 Å². The van der Waals surface area contributed by atoms with Crippen LogP contribution in [0.25, 0.3) is 6.08 Å². The molecule has 1 aromatic rings. The van der Waals surface area contributed by atoms with Gasteiger partial charge in [-0.2, -0.15) is 0 Å². The Labute approximate surface area is 127 Å². The molecule has 1 N–H and O–H groups in total. The number of nitrogens with one attached hydrogen (secondary N) is 1. The summed E-state index contributed by atoms with van der Waals surface area (Å²) < 4.78 is 0. The molecule has 0 atom stereocenters. The first-order valence-electron chi connectivity index (χ1n) is 8.01. The van der Waals surface area contributed by atoms with Gasteiger partial charge in [0.2, 0.25) is 0 Å². The van der Waals surface area contributed by atoms with Crippen LogP contribution in [-0.4, -0.2) is 12.6 Å². The van der Waals surface area contributed by atoms with Gasteiger partial charge >= 0.3 is 0 Å². The molecule has 2 aliphatic rings. The normalized spacial score (nSPS) is 21.1. The number of rotatable bonds is 5. The molecule has 0 saturated heterocycles. The van der Waals surface area contributed by atoms with Gasteiger partial charge in [0.05, 0.1) is 0 Å². The molecule has 0 aromatic heterocycles. The maximum absolute atomic E-state index is 6.11. The van der Waals surface area contributed by atoms with E-state index in [-0.39, 0.29) is 0 Å². The molecule has 2 aliphatic carbocycles. The van der Waals surface area contributed by atoms with Gasteiger partial charge in [0.1, 0.15) is 0 Å². The number of halogens is 1. The maximum atomic E-state index is 6.11. The number of hydrogen-bond donors (Lipinski definition) is 1. The molecule has 2 heteroatoms. The summed E-state index contributed by atoms with van der Waals surface area (Å²) in [4.78, 5) is 0. The fourth-order valence-electron chi connectivity index (χ4n) is 3.15. The van der Waals surface area contributed by atoms with Gasteiger partial charge < -0.3 is 5.32 Å². The molecule has 1 nitrogen and oxygen atoms in total. The zero-order chi connectivity index (χ0) is 13.8. The van der Waals surface area contributed by atoms with Gasteiger partial charge in [-0.25, -0.2) is 0 Å². The highest BCUT2D eigenvalue weighted by molar-refractivity contribution is 6.30. The van der Waals surface area contributed by atoms with E-state index in [4.69, 9.17) is 11.6 Å². The summed E-state index contributed by atoms with van der Waals surface area (Å²) in [5, 5.41) is 4.52. The van der Waals surface area contributed by atoms with Crippen LogP contribution in [0.5, 0.6) is 0 Å². The zero-order valence-corrected chi connectivity index (χ0v) is 12.8. The van der Waals surface area contributed by atoms with Crippen LogP contribution in [0.15, 0.2) is 29.8 Å². The topological polar surface area (TPSA) is 12.0 Å². The van der Waals surface area contributed by atoms with E-state index in [0.29, 0.717) is 0 Å². The van der Waals surface area contributed by atoms with Crippen LogP contribution in [0.1, 0.15) is 50.5 Å². The summed E-state index contributed by atoms with van der Waals surface area (Å²) in [6, 6.07) is 9.00. The molecule has 0 amide bonds. The molecule has 1 aromatic carbocycles. The minimum Gasteiger partial charge on any atom is -0.310 e. The van der Waals surface area contributed by atoms with Gasteiger partial charge in [-0.3, -0.25) is 0 Å². The fraction of sp³-hybridized carbons (Fsp3) is 0.556. The second kappa shape index (κ2) is 6.78. The third-order valence-electron chi connectivity index (χ3n) is 4.50. The van der Waals surface area contributed by atoms with E-state index in [1.165, 1.54) is 50.5 Å². The van der Waals surface area contributed by atoms with E-state index in [9.17, 15) is 0 Å². The Balaban J connectivity index is 1.74. The van der Waals surface area contributed by atoms with Crippen molar-refractivity contribution in [3.8, 4) is 0 Å². The van der Waals surface area contributed by atoms with Crippen LogP contribution in [0.4, 0.5) is 0 Å². The van der Waals surface area contributed by atoms with Crippen LogP contribution < -0.4 is 5.32 Å². The van der Waals surface area contributed by atoms with Crippen LogP contribution in [-0.2, 0) is 0 Å². The third kappa shape index (κ3) is 4.10. The average molecular weight is 290 g/mol. The summed E-state index contributed by atoms with van der Waals surface area (Å²) in [6.07, 6.45) is 12.0. The van der Waals surface area contributed by atoms with E-state index in [1.54, 1.807) is 5.57 Å². The van der Waals surface area contributed by atoms with Gasteiger partial charge in [-0.05, 0) is 49.3 Å². The molecular formula is C18H24ClN. The zero-order valence-electron chi connectivity index (χ0n) is 12.1. The molecule has 3 rings (SSSR count). The van der Waals surface area contributed by atoms with Crippen molar-refractivity contribution in [1.82, 2.24) is 5.32 Å². The Kier molecular flexibility index (Phi) is 4.80. The number of hydrogen-bond acceptors (Lipinski definition) is 1. The SMILES string of the molecule is Clc1cccc(/C=C(/CNC2CC2)C2CCCCC2)c1.